The Morgan fingerprint density at radius 3 is 2.50 bits per heavy atom. The van der Waals surface area contributed by atoms with Crippen LogP contribution in [0.2, 0.25) is 5.02 Å². The topological polar surface area (TPSA) is 29.1 Å². The highest BCUT2D eigenvalue weighted by Crippen LogP contribution is 2.16. The van der Waals surface area contributed by atoms with Crippen molar-refractivity contribution in [2.45, 2.75) is 19.4 Å². The molecule has 0 aliphatic carbocycles. The van der Waals surface area contributed by atoms with Crippen molar-refractivity contribution in [3.63, 3.8) is 0 Å². The Morgan fingerprint density at radius 1 is 1.20 bits per heavy atom. The number of halogens is 2. The van der Waals surface area contributed by atoms with Crippen molar-refractivity contribution in [3.05, 3.63) is 70.5 Å². The Bertz CT molecular complexity index is 598. The number of benzene rings is 2. The Labute approximate surface area is 122 Å². The summed E-state index contributed by atoms with van der Waals surface area (Å²) in [6.45, 7) is 1.88. The lowest BCUT2D eigenvalue weighted by atomic mass is 10.1. The molecule has 2 aromatic carbocycles. The second kappa shape index (κ2) is 6.53. The maximum absolute atomic E-state index is 13.5. The summed E-state index contributed by atoms with van der Waals surface area (Å²) in [5, 5.41) is 3.49. The lowest BCUT2D eigenvalue weighted by molar-refractivity contribution is -0.121. The Kier molecular flexibility index (Phi) is 4.74. The van der Waals surface area contributed by atoms with Gasteiger partial charge >= 0.3 is 0 Å². The highest BCUT2D eigenvalue weighted by atomic mass is 35.5. The lowest BCUT2D eigenvalue weighted by Gasteiger charge is -2.14. The molecule has 0 aromatic heterocycles. The predicted molar refractivity (Wildman–Crippen MR) is 78.1 cm³/mol. The first kappa shape index (κ1) is 14.5. The van der Waals surface area contributed by atoms with Gasteiger partial charge in [-0.15, -0.1) is 0 Å². The molecule has 0 heterocycles. The van der Waals surface area contributed by atoms with Crippen LogP contribution >= 0.6 is 11.6 Å². The van der Waals surface area contributed by atoms with Crippen LogP contribution in [0.1, 0.15) is 24.1 Å². The van der Waals surface area contributed by atoms with Crippen molar-refractivity contribution in [2.75, 3.05) is 0 Å². The fourth-order valence-corrected chi connectivity index (χ4v) is 2.07. The summed E-state index contributed by atoms with van der Waals surface area (Å²) in [4.78, 5) is 11.9. The molecule has 1 atom stereocenters. The van der Waals surface area contributed by atoms with Gasteiger partial charge in [-0.2, -0.15) is 0 Å². The fourth-order valence-electron chi connectivity index (χ4n) is 1.94. The monoisotopic (exact) mass is 291 g/mol. The second-order valence-electron chi connectivity index (χ2n) is 4.61. The molecule has 0 unspecified atom stereocenters. The molecule has 0 saturated heterocycles. The summed E-state index contributed by atoms with van der Waals surface area (Å²) in [7, 11) is 0. The van der Waals surface area contributed by atoms with E-state index in [2.05, 4.69) is 5.32 Å². The zero-order valence-corrected chi connectivity index (χ0v) is 11.8. The molecule has 1 amide bonds. The molecule has 0 aliphatic rings. The van der Waals surface area contributed by atoms with E-state index >= 15 is 0 Å². The first-order valence-electron chi connectivity index (χ1n) is 6.34. The van der Waals surface area contributed by atoms with E-state index in [-0.39, 0.29) is 24.2 Å². The molecule has 2 rings (SSSR count). The summed E-state index contributed by atoms with van der Waals surface area (Å²) in [5.41, 5.74) is 1.35. The van der Waals surface area contributed by atoms with Gasteiger partial charge in [-0.05, 0) is 36.2 Å². The van der Waals surface area contributed by atoms with Crippen molar-refractivity contribution in [1.82, 2.24) is 5.32 Å². The van der Waals surface area contributed by atoms with Crippen LogP contribution in [0.4, 0.5) is 4.39 Å². The van der Waals surface area contributed by atoms with Gasteiger partial charge in [-0.3, -0.25) is 4.79 Å². The summed E-state index contributed by atoms with van der Waals surface area (Å²) in [6.07, 6.45) is 0.0323. The molecular formula is C16H15ClFNO. The summed E-state index contributed by atoms with van der Waals surface area (Å²) in [5.74, 6) is -0.570. The molecule has 2 aromatic rings. The highest BCUT2D eigenvalue weighted by Gasteiger charge is 2.11. The Morgan fingerprint density at radius 2 is 1.85 bits per heavy atom. The molecular weight excluding hydrogens is 277 g/mol. The van der Waals surface area contributed by atoms with Crippen LogP contribution in [0, 0.1) is 5.82 Å². The van der Waals surface area contributed by atoms with Gasteiger partial charge in [0, 0.05) is 5.02 Å². The van der Waals surface area contributed by atoms with Gasteiger partial charge in [0.15, 0.2) is 0 Å². The minimum absolute atomic E-state index is 0.0323. The van der Waals surface area contributed by atoms with Gasteiger partial charge in [-0.1, -0.05) is 41.9 Å². The Balaban J connectivity index is 1.98. The van der Waals surface area contributed by atoms with E-state index < -0.39 is 0 Å². The highest BCUT2D eigenvalue weighted by molar-refractivity contribution is 6.30. The molecule has 0 bridgehead atoms. The van der Waals surface area contributed by atoms with Crippen LogP contribution in [0.5, 0.6) is 0 Å². The van der Waals surface area contributed by atoms with Crippen molar-refractivity contribution >= 4 is 17.5 Å². The van der Waals surface area contributed by atoms with E-state index in [4.69, 9.17) is 11.6 Å². The van der Waals surface area contributed by atoms with Crippen LogP contribution in [-0.4, -0.2) is 5.91 Å². The van der Waals surface area contributed by atoms with Gasteiger partial charge in [0.1, 0.15) is 5.82 Å². The van der Waals surface area contributed by atoms with Crippen LogP contribution in [0.15, 0.2) is 48.5 Å². The minimum atomic E-state index is -0.359. The van der Waals surface area contributed by atoms with E-state index in [9.17, 15) is 9.18 Å². The molecule has 104 valence electrons. The third-order valence-corrected chi connectivity index (χ3v) is 3.31. The number of rotatable bonds is 4. The molecule has 0 aliphatic heterocycles. The van der Waals surface area contributed by atoms with Crippen LogP contribution in [0.25, 0.3) is 0 Å². The molecule has 1 N–H and O–H groups in total. The number of carbonyl (C=O) groups is 1. The molecule has 2 nitrogen and oxygen atoms in total. The van der Waals surface area contributed by atoms with E-state index in [1.54, 1.807) is 30.3 Å². The van der Waals surface area contributed by atoms with Gasteiger partial charge in [0.2, 0.25) is 5.91 Å². The zero-order chi connectivity index (χ0) is 14.5. The molecule has 0 radical (unpaired) electrons. The van der Waals surface area contributed by atoms with Crippen LogP contribution in [0.3, 0.4) is 0 Å². The smallest absolute Gasteiger partial charge is 0.225 e. The third kappa shape index (κ3) is 3.81. The normalized spacial score (nSPS) is 11.9. The summed E-state index contributed by atoms with van der Waals surface area (Å²) < 4.78 is 13.5. The second-order valence-corrected chi connectivity index (χ2v) is 5.05. The number of amides is 1. The SMILES string of the molecule is C[C@@H](NC(=O)Cc1ccccc1F)c1ccc(Cl)cc1. The molecule has 0 saturated carbocycles. The quantitative estimate of drug-likeness (QED) is 0.909. The van der Waals surface area contributed by atoms with E-state index in [0.29, 0.717) is 10.6 Å². The number of hydrogen-bond donors (Lipinski definition) is 1. The largest absolute Gasteiger partial charge is 0.349 e. The van der Waals surface area contributed by atoms with E-state index in [1.807, 2.05) is 19.1 Å². The van der Waals surface area contributed by atoms with Gasteiger partial charge in [0.05, 0.1) is 12.5 Å². The van der Waals surface area contributed by atoms with Gasteiger partial charge < -0.3 is 5.32 Å². The average Bonchev–Trinajstić information content (AvgIpc) is 2.42. The summed E-state index contributed by atoms with van der Waals surface area (Å²) in [6, 6.07) is 13.4. The van der Waals surface area contributed by atoms with Crippen molar-refractivity contribution < 1.29 is 9.18 Å². The van der Waals surface area contributed by atoms with E-state index in [1.165, 1.54) is 6.07 Å². The number of carbonyl (C=O) groups excluding carboxylic acids is 1. The number of nitrogens with one attached hydrogen (secondary N) is 1. The van der Waals surface area contributed by atoms with Gasteiger partial charge in [-0.25, -0.2) is 4.39 Å². The van der Waals surface area contributed by atoms with Crippen molar-refractivity contribution in [2.24, 2.45) is 0 Å². The molecule has 0 fully saturated rings. The zero-order valence-electron chi connectivity index (χ0n) is 11.1. The average molecular weight is 292 g/mol. The standard InChI is InChI=1S/C16H15ClFNO/c1-11(12-6-8-14(17)9-7-12)19-16(20)10-13-4-2-3-5-15(13)18/h2-9,11H,10H2,1H3,(H,19,20)/t11-/m1/s1. The maximum atomic E-state index is 13.5. The van der Waals surface area contributed by atoms with Crippen LogP contribution in [-0.2, 0) is 11.2 Å². The molecule has 20 heavy (non-hydrogen) atoms. The molecule has 0 spiro atoms. The fraction of sp³-hybridized carbons (Fsp3) is 0.188. The van der Waals surface area contributed by atoms with E-state index in [0.717, 1.165) is 5.56 Å². The third-order valence-electron chi connectivity index (χ3n) is 3.06. The minimum Gasteiger partial charge on any atom is -0.349 e. The summed E-state index contributed by atoms with van der Waals surface area (Å²) >= 11 is 5.82. The Hall–Kier alpha value is -1.87. The first-order chi connectivity index (χ1) is 9.56. The van der Waals surface area contributed by atoms with Crippen LogP contribution < -0.4 is 5.32 Å². The molecule has 4 heteroatoms. The maximum Gasteiger partial charge on any atom is 0.225 e. The lowest BCUT2D eigenvalue weighted by Crippen LogP contribution is -2.28. The van der Waals surface area contributed by atoms with Crippen molar-refractivity contribution in [3.8, 4) is 0 Å². The van der Waals surface area contributed by atoms with Gasteiger partial charge in [0.25, 0.3) is 0 Å². The predicted octanol–water partition coefficient (Wildman–Crippen LogP) is 3.90. The number of hydrogen-bond acceptors (Lipinski definition) is 1. The first-order valence-corrected chi connectivity index (χ1v) is 6.72. The van der Waals surface area contributed by atoms with Crippen molar-refractivity contribution in [1.29, 1.82) is 0 Å².